The van der Waals surface area contributed by atoms with Crippen molar-refractivity contribution >= 4 is 5.91 Å². The van der Waals surface area contributed by atoms with E-state index in [9.17, 15) is 4.79 Å². The van der Waals surface area contributed by atoms with Crippen LogP contribution in [0.4, 0.5) is 0 Å². The molecule has 134 valence electrons. The molecule has 0 saturated heterocycles. The molecule has 1 amide bonds. The van der Waals surface area contributed by atoms with E-state index in [0.717, 1.165) is 12.8 Å². The van der Waals surface area contributed by atoms with Crippen molar-refractivity contribution < 1.29 is 9.63 Å². The molecule has 0 aromatic carbocycles. The van der Waals surface area contributed by atoms with Gasteiger partial charge in [0, 0.05) is 5.28 Å². The van der Waals surface area contributed by atoms with E-state index >= 15 is 0 Å². The minimum atomic E-state index is -0.392. The molecule has 1 aliphatic heterocycles. The monoisotopic (exact) mass is 324 g/mol. The van der Waals surface area contributed by atoms with Gasteiger partial charge >= 0.3 is 5.91 Å². The number of nitrogens with zero attached hydrogens (tertiary/aromatic N) is 2. The molecular weight excluding hydrogens is 288 g/mol. The van der Waals surface area contributed by atoms with Crippen molar-refractivity contribution in [3.05, 3.63) is 0 Å². The zero-order chi connectivity index (χ0) is 16.6. The third-order valence-electron chi connectivity index (χ3n) is 4.66. The zero-order valence-electron chi connectivity index (χ0n) is 15.1. The van der Waals surface area contributed by atoms with Crippen molar-refractivity contribution in [2.45, 2.75) is 116 Å². The average Bonchev–Trinajstić information content (AvgIpc) is 2.96. The molecule has 1 rings (SSSR count). The normalized spacial score (nSPS) is 16.9. The topological polar surface area (TPSA) is 51.0 Å². The summed E-state index contributed by atoms with van der Waals surface area (Å²) in [7, 11) is 0. The fourth-order valence-corrected chi connectivity index (χ4v) is 3.11. The van der Waals surface area contributed by atoms with Crippen LogP contribution >= 0.6 is 0 Å². The van der Waals surface area contributed by atoms with Crippen LogP contribution < -0.4 is 0 Å². The van der Waals surface area contributed by atoms with Gasteiger partial charge in [-0.05, 0) is 12.8 Å². The molecule has 0 spiro atoms. The SMILES string of the molecule is CCCCCCCCCCCCCCCCCC1ON=NC1=O. The summed E-state index contributed by atoms with van der Waals surface area (Å²) in [5.41, 5.74) is 0. The minimum absolute atomic E-state index is 0.213. The Balaban J connectivity index is 1.69. The summed E-state index contributed by atoms with van der Waals surface area (Å²) < 4.78 is 0. The maximum Gasteiger partial charge on any atom is 0.311 e. The number of rotatable bonds is 16. The molecule has 1 atom stereocenters. The lowest BCUT2D eigenvalue weighted by molar-refractivity contribution is -0.124. The highest BCUT2D eigenvalue weighted by molar-refractivity contribution is 5.81. The van der Waals surface area contributed by atoms with Crippen molar-refractivity contribution in [2.24, 2.45) is 10.4 Å². The summed E-state index contributed by atoms with van der Waals surface area (Å²) in [6.45, 7) is 2.28. The highest BCUT2D eigenvalue weighted by Crippen LogP contribution is 2.16. The fourth-order valence-electron chi connectivity index (χ4n) is 3.11. The number of hydrogen-bond donors (Lipinski definition) is 0. The third-order valence-corrected chi connectivity index (χ3v) is 4.66. The molecule has 0 radical (unpaired) electrons. The molecule has 1 heterocycles. The van der Waals surface area contributed by atoms with Gasteiger partial charge in [0.25, 0.3) is 0 Å². The van der Waals surface area contributed by atoms with Gasteiger partial charge in [0.15, 0.2) is 0 Å². The molecular formula is C19H36N2O2. The predicted octanol–water partition coefficient (Wildman–Crippen LogP) is 6.54. The van der Waals surface area contributed by atoms with Crippen molar-refractivity contribution in [1.82, 2.24) is 0 Å². The van der Waals surface area contributed by atoms with Crippen LogP contribution in [-0.2, 0) is 9.63 Å². The molecule has 4 heteroatoms. The molecule has 1 aliphatic rings. The summed E-state index contributed by atoms with van der Waals surface area (Å²) in [4.78, 5) is 16.1. The van der Waals surface area contributed by atoms with E-state index in [0.29, 0.717) is 0 Å². The Labute approximate surface area is 142 Å². The van der Waals surface area contributed by atoms with E-state index in [1.807, 2.05) is 0 Å². The molecule has 0 fully saturated rings. The van der Waals surface area contributed by atoms with Gasteiger partial charge in [-0.25, -0.2) is 0 Å². The van der Waals surface area contributed by atoms with Crippen LogP contribution in [0.3, 0.4) is 0 Å². The minimum Gasteiger partial charge on any atom is -0.366 e. The van der Waals surface area contributed by atoms with Gasteiger partial charge < -0.3 is 4.84 Å². The number of carbonyl (C=O) groups excluding carboxylic acids is 1. The lowest BCUT2D eigenvalue weighted by Gasteiger charge is -2.05. The second-order valence-electron chi connectivity index (χ2n) is 6.85. The van der Waals surface area contributed by atoms with E-state index < -0.39 is 6.10 Å². The molecule has 0 aromatic heterocycles. The van der Waals surface area contributed by atoms with Gasteiger partial charge in [0.1, 0.15) is 0 Å². The third kappa shape index (κ3) is 11.3. The smallest absolute Gasteiger partial charge is 0.311 e. The van der Waals surface area contributed by atoms with Gasteiger partial charge in [-0.2, -0.15) is 0 Å². The first-order valence-electron chi connectivity index (χ1n) is 9.95. The first kappa shape index (κ1) is 20.1. The highest BCUT2D eigenvalue weighted by Gasteiger charge is 2.24. The van der Waals surface area contributed by atoms with Crippen LogP contribution in [0.15, 0.2) is 10.4 Å². The van der Waals surface area contributed by atoms with Crippen molar-refractivity contribution in [1.29, 1.82) is 0 Å². The number of hydrogen-bond acceptors (Lipinski definition) is 3. The van der Waals surface area contributed by atoms with Crippen LogP contribution in [0.2, 0.25) is 0 Å². The molecule has 0 saturated carbocycles. The maximum atomic E-state index is 11.2. The molecule has 23 heavy (non-hydrogen) atoms. The number of amides is 1. The van der Waals surface area contributed by atoms with Gasteiger partial charge in [-0.1, -0.05) is 102 Å². The van der Waals surface area contributed by atoms with Crippen LogP contribution in [0, 0.1) is 0 Å². The lowest BCUT2D eigenvalue weighted by atomic mass is 10.0. The fraction of sp³-hybridized carbons (Fsp3) is 0.947. The van der Waals surface area contributed by atoms with E-state index in [1.54, 1.807) is 0 Å². The number of unbranched alkanes of at least 4 members (excludes halogenated alkanes) is 14. The van der Waals surface area contributed by atoms with E-state index in [-0.39, 0.29) is 5.91 Å². The summed E-state index contributed by atoms with van der Waals surface area (Å²) in [6, 6.07) is 0. The lowest BCUT2D eigenvalue weighted by Crippen LogP contribution is -2.15. The Bertz CT molecular complexity index is 318. The maximum absolute atomic E-state index is 11.2. The first-order chi connectivity index (χ1) is 11.3. The second-order valence-corrected chi connectivity index (χ2v) is 6.85. The predicted molar refractivity (Wildman–Crippen MR) is 94.3 cm³/mol. The van der Waals surface area contributed by atoms with Gasteiger partial charge in [0.2, 0.25) is 6.10 Å². The van der Waals surface area contributed by atoms with E-state index in [4.69, 9.17) is 4.84 Å². The Morgan fingerprint density at radius 2 is 1.17 bits per heavy atom. The molecule has 1 unspecified atom stereocenters. The Kier molecular flexibility index (Phi) is 12.8. The zero-order valence-corrected chi connectivity index (χ0v) is 15.1. The summed E-state index contributed by atoms with van der Waals surface area (Å²) in [5, 5.41) is 6.68. The summed E-state index contributed by atoms with van der Waals surface area (Å²) >= 11 is 0. The van der Waals surface area contributed by atoms with Crippen molar-refractivity contribution in [3.63, 3.8) is 0 Å². The van der Waals surface area contributed by atoms with Crippen LogP contribution in [0.5, 0.6) is 0 Å². The summed E-state index contributed by atoms with van der Waals surface area (Å²) in [6.07, 6.45) is 20.7. The Morgan fingerprint density at radius 1 is 0.739 bits per heavy atom. The standard InChI is InChI=1S/C19H36N2O2/c1-2-3-4-5-6-7-8-9-10-11-12-13-14-15-16-17-18-19(22)20-21-23-18/h18H,2-17H2,1H3. The van der Waals surface area contributed by atoms with Crippen LogP contribution in [0.1, 0.15) is 110 Å². The van der Waals surface area contributed by atoms with Gasteiger partial charge in [0.05, 0.1) is 0 Å². The number of carbonyl (C=O) groups is 1. The van der Waals surface area contributed by atoms with E-state index in [2.05, 4.69) is 17.3 Å². The molecule has 0 N–H and O–H groups in total. The second kappa shape index (κ2) is 14.6. The Morgan fingerprint density at radius 3 is 1.57 bits per heavy atom. The summed E-state index contributed by atoms with van der Waals surface area (Å²) in [5.74, 6) is -0.213. The van der Waals surface area contributed by atoms with Gasteiger partial charge in [-0.3, -0.25) is 4.79 Å². The van der Waals surface area contributed by atoms with Gasteiger partial charge in [-0.15, -0.1) is 0 Å². The molecule has 0 aromatic rings. The van der Waals surface area contributed by atoms with Crippen molar-refractivity contribution in [2.75, 3.05) is 0 Å². The first-order valence-corrected chi connectivity index (χ1v) is 9.95. The van der Waals surface area contributed by atoms with Crippen molar-refractivity contribution in [3.8, 4) is 0 Å². The van der Waals surface area contributed by atoms with Crippen LogP contribution in [-0.4, -0.2) is 12.0 Å². The quantitative estimate of drug-likeness (QED) is 0.303. The molecule has 0 bridgehead atoms. The molecule has 4 nitrogen and oxygen atoms in total. The van der Waals surface area contributed by atoms with Crippen LogP contribution in [0.25, 0.3) is 0 Å². The Hall–Kier alpha value is -0.930. The average molecular weight is 325 g/mol. The molecule has 0 aliphatic carbocycles. The van der Waals surface area contributed by atoms with E-state index in [1.165, 1.54) is 89.9 Å². The highest BCUT2D eigenvalue weighted by atomic mass is 16.7. The largest absolute Gasteiger partial charge is 0.366 e.